The smallest absolute Gasteiger partial charge is 0.335 e. The van der Waals surface area contributed by atoms with E-state index in [1.54, 1.807) is 23.5 Å². The molecule has 1 heterocycles. The Balaban J connectivity index is 2.24. The van der Waals surface area contributed by atoms with Crippen molar-refractivity contribution < 1.29 is 14.3 Å². The number of hydrogen-bond donors (Lipinski definition) is 0. The first-order chi connectivity index (χ1) is 7.27. The van der Waals surface area contributed by atoms with Crippen LogP contribution in [0.15, 0.2) is 0 Å². The lowest BCUT2D eigenvalue weighted by Crippen LogP contribution is -2.40. The van der Waals surface area contributed by atoms with Gasteiger partial charge in [0.15, 0.2) is 6.10 Å². The first-order valence-corrected chi connectivity index (χ1v) is 7.86. The van der Waals surface area contributed by atoms with Crippen LogP contribution >= 0.6 is 23.5 Å². The largest absolute Gasteiger partial charge is 0.458 e. The predicted octanol–water partition coefficient (Wildman–Crippen LogP) is 1.80. The van der Waals surface area contributed by atoms with Crippen molar-refractivity contribution in [2.24, 2.45) is 0 Å². The van der Waals surface area contributed by atoms with Crippen LogP contribution in [0.25, 0.3) is 0 Å². The molecule has 0 aromatic carbocycles. The van der Waals surface area contributed by atoms with Crippen LogP contribution in [0.5, 0.6) is 0 Å². The van der Waals surface area contributed by atoms with E-state index in [-0.39, 0.29) is 18.2 Å². The number of rotatable bonds is 6. The first kappa shape index (κ1) is 13.2. The summed E-state index contributed by atoms with van der Waals surface area (Å²) in [5.74, 6) is 1.77. The van der Waals surface area contributed by atoms with Crippen LogP contribution in [0.4, 0.5) is 0 Å². The summed E-state index contributed by atoms with van der Waals surface area (Å²) in [6, 6.07) is 0. The molecule has 2 atom stereocenters. The molecule has 1 aliphatic rings. The van der Waals surface area contributed by atoms with Crippen molar-refractivity contribution in [3.05, 3.63) is 0 Å². The van der Waals surface area contributed by atoms with Gasteiger partial charge >= 0.3 is 5.97 Å². The van der Waals surface area contributed by atoms with E-state index in [4.69, 9.17) is 9.47 Å². The van der Waals surface area contributed by atoms with Gasteiger partial charge in [-0.3, -0.25) is 0 Å². The summed E-state index contributed by atoms with van der Waals surface area (Å²) in [6.07, 6.45) is 5.36. The standard InChI is InChI=1S/C10H18O3S2/c1-14-5-3-8-7-12-9(4-6-15-2)10(11)13-8/h8-9H,3-7H2,1-2H3. The van der Waals surface area contributed by atoms with Crippen molar-refractivity contribution in [2.45, 2.75) is 25.0 Å². The van der Waals surface area contributed by atoms with Gasteiger partial charge in [0.1, 0.15) is 6.10 Å². The molecule has 0 aliphatic carbocycles. The van der Waals surface area contributed by atoms with Gasteiger partial charge in [-0.1, -0.05) is 0 Å². The van der Waals surface area contributed by atoms with Crippen molar-refractivity contribution in [1.29, 1.82) is 0 Å². The minimum absolute atomic E-state index is 0.0320. The second-order valence-corrected chi connectivity index (χ2v) is 5.42. The molecular weight excluding hydrogens is 232 g/mol. The van der Waals surface area contributed by atoms with Crippen molar-refractivity contribution in [3.63, 3.8) is 0 Å². The Kier molecular flexibility index (Phi) is 6.52. The van der Waals surface area contributed by atoms with Crippen LogP contribution in [0, 0.1) is 0 Å². The number of ether oxygens (including phenoxy) is 2. The number of cyclic esters (lactones) is 1. The average Bonchev–Trinajstić information content (AvgIpc) is 2.25. The molecule has 0 saturated carbocycles. The third-order valence-corrected chi connectivity index (χ3v) is 3.55. The highest BCUT2D eigenvalue weighted by Crippen LogP contribution is 2.16. The second-order valence-electron chi connectivity index (χ2n) is 3.44. The molecule has 0 radical (unpaired) electrons. The van der Waals surface area contributed by atoms with Gasteiger partial charge in [0.2, 0.25) is 0 Å². The topological polar surface area (TPSA) is 35.5 Å². The molecule has 0 bridgehead atoms. The SMILES string of the molecule is CSCCC1COC(CCSC)C(=O)O1. The zero-order valence-corrected chi connectivity index (χ0v) is 10.9. The minimum atomic E-state index is -0.331. The summed E-state index contributed by atoms with van der Waals surface area (Å²) in [6.45, 7) is 0.561. The van der Waals surface area contributed by atoms with E-state index < -0.39 is 0 Å². The number of hydrogen-bond acceptors (Lipinski definition) is 5. The maximum Gasteiger partial charge on any atom is 0.335 e. The number of carbonyl (C=O) groups excluding carboxylic acids is 1. The lowest BCUT2D eigenvalue weighted by atomic mass is 10.2. The Morgan fingerprint density at radius 2 is 1.93 bits per heavy atom. The van der Waals surface area contributed by atoms with Gasteiger partial charge in [-0.2, -0.15) is 23.5 Å². The molecule has 0 amide bonds. The van der Waals surface area contributed by atoms with Crippen LogP contribution in [-0.2, 0) is 14.3 Å². The molecule has 1 rings (SSSR count). The highest BCUT2D eigenvalue weighted by atomic mass is 32.2. The molecule has 0 N–H and O–H groups in total. The molecule has 15 heavy (non-hydrogen) atoms. The summed E-state index contributed by atoms with van der Waals surface area (Å²) >= 11 is 3.48. The average molecular weight is 250 g/mol. The van der Waals surface area contributed by atoms with Crippen molar-refractivity contribution >= 4 is 29.5 Å². The second kappa shape index (κ2) is 7.41. The van der Waals surface area contributed by atoms with E-state index >= 15 is 0 Å². The molecule has 0 spiro atoms. The zero-order valence-electron chi connectivity index (χ0n) is 9.23. The Morgan fingerprint density at radius 1 is 1.27 bits per heavy atom. The zero-order chi connectivity index (χ0) is 11.1. The van der Waals surface area contributed by atoms with Gasteiger partial charge in [0, 0.05) is 0 Å². The summed E-state index contributed by atoms with van der Waals surface area (Å²) < 4.78 is 10.8. The maximum atomic E-state index is 11.5. The summed E-state index contributed by atoms with van der Waals surface area (Å²) in [5, 5.41) is 0. The van der Waals surface area contributed by atoms with E-state index in [2.05, 4.69) is 0 Å². The van der Waals surface area contributed by atoms with E-state index in [1.807, 2.05) is 12.5 Å². The normalized spacial score (nSPS) is 26.4. The van der Waals surface area contributed by atoms with Gasteiger partial charge in [0.25, 0.3) is 0 Å². The number of esters is 1. The molecule has 0 aromatic rings. The highest BCUT2D eigenvalue weighted by molar-refractivity contribution is 7.98. The summed E-state index contributed by atoms with van der Waals surface area (Å²) in [5.41, 5.74) is 0. The van der Waals surface area contributed by atoms with Crippen molar-refractivity contribution in [2.75, 3.05) is 30.6 Å². The molecule has 1 saturated heterocycles. The number of carbonyl (C=O) groups is 1. The molecule has 5 heteroatoms. The predicted molar refractivity (Wildman–Crippen MR) is 65.6 cm³/mol. The van der Waals surface area contributed by atoms with Crippen molar-refractivity contribution in [1.82, 2.24) is 0 Å². The molecule has 1 fully saturated rings. The monoisotopic (exact) mass is 250 g/mol. The lowest BCUT2D eigenvalue weighted by molar-refractivity contribution is -0.183. The Labute approximate surface area is 99.7 Å². The highest BCUT2D eigenvalue weighted by Gasteiger charge is 2.29. The molecule has 1 aliphatic heterocycles. The molecule has 3 nitrogen and oxygen atoms in total. The van der Waals surface area contributed by atoms with Crippen LogP contribution in [0.2, 0.25) is 0 Å². The Morgan fingerprint density at radius 3 is 2.53 bits per heavy atom. The maximum absolute atomic E-state index is 11.5. The minimum Gasteiger partial charge on any atom is -0.458 e. The summed E-state index contributed by atoms with van der Waals surface area (Å²) in [4.78, 5) is 11.5. The Hall–Kier alpha value is 0.130. The quantitative estimate of drug-likeness (QED) is 0.672. The molecule has 2 unspecified atom stereocenters. The third kappa shape index (κ3) is 4.66. The fraction of sp³-hybridized carbons (Fsp3) is 0.900. The van der Waals surface area contributed by atoms with Gasteiger partial charge in [0.05, 0.1) is 6.61 Å². The first-order valence-electron chi connectivity index (χ1n) is 5.08. The van der Waals surface area contributed by atoms with Gasteiger partial charge in [-0.15, -0.1) is 0 Å². The van der Waals surface area contributed by atoms with E-state index in [9.17, 15) is 4.79 Å². The van der Waals surface area contributed by atoms with Crippen LogP contribution in [-0.4, -0.2) is 48.8 Å². The van der Waals surface area contributed by atoms with Crippen LogP contribution in [0.3, 0.4) is 0 Å². The van der Waals surface area contributed by atoms with Crippen molar-refractivity contribution in [3.8, 4) is 0 Å². The molecule has 0 aromatic heterocycles. The number of thioether (sulfide) groups is 2. The summed E-state index contributed by atoms with van der Waals surface area (Å²) in [7, 11) is 0. The fourth-order valence-electron chi connectivity index (χ4n) is 1.38. The van der Waals surface area contributed by atoms with Gasteiger partial charge in [-0.05, 0) is 36.9 Å². The van der Waals surface area contributed by atoms with Gasteiger partial charge < -0.3 is 9.47 Å². The van der Waals surface area contributed by atoms with Crippen LogP contribution < -0.4 is 0 Å². The van der Waals surface area contributed by atoms with E-state index in [0.717, 1.165) is 24.3 Å². The van der Waals surface area contributed by atoms with Crippen LogP contribution in [0.1, 0.15) is 12.8 Å². The van der Waals surface area contributed by atoms with E-state index in [0.29, 0.717) is 6.61 Å². The fourth-order valence-corrected chi connectivity index (χ4v) is 2.33. The third-order valence-electron chi connectivity index (χ3n) is 2.26. The Bertz CT molecular complexity index is 199. The molecule has 88 valence electrons. The lowest BCUT2D eigenvalue weighted by Gasteiger charge is -2.28. The molecular formula is C10H18O3S2. The van der Waals surface area contributed by atoms with Gasteiger partial charge in [-0.25, -0.2) is 4.79 Å². The van der Waals surface area contributed by atoms with E-state index in [1.165, 1.54) is 0 Å².